The monoisotopic (exact) mass is 263 g/mol. The summed E-state index contributed by atoms with van der Waals surface area (Å²) in [6.45, 7) is 14.2. The molecule has 0 amide bonds. The van der Waals surface area contributed by atoms with E-state index in [1.165, 1.54) is 11.3 Å². The fourth-order valence-electron chi connectivity index (χ4n) is 2.22. The summed E-state index contributed by atoms with van der Waals surface area (Å²) >= 11 is 0. The summed E-state index contributed by atoms with van der Waals surface area (Å²) in [5.74, 6) is 0.674. The molecule has 0 aliphatic heterocycles. The molecule has 1 rings (SSSR count). The zero-order valence-corrected chi connectivity index (χ0v) is 13.3. The normalized spacial score (nSPS) is 11.9. The first-order valence-corrected chi connectivity index (χ1v) is 7.14. The first-order valence-electron chi connectivity index (χ1n) is 7.14. The molecule has 0 atom stereocenters. The number of aromatic nitrogens is 1. The Morgan fingerprint density at radius 3 is 2.58 bits per heavy atom. The average molecular weight is 263 g/mol. The van der Waals surface area contributed by atoms with E-state index in [0.29, 0.717) is 11.3 Å². The molecule has 19 heavy (non-hydrogen) atoms. The molecule has 0 bridgehead atoms. The van der Waals surface area contributed by atoms with Crippen molar-refractivity contribution >= 4 is 5.69 Å². The number of pyridine rings is 1. The zero-order chi connectivity index (χ0) is 14.5. The Hall–Kier alpha value is -1.09. The molecule has 1 aromatic heterocycles. The number of hydrogen-bond acceptors (Lipinski definition) is 3. The second kappa shape index (κ2) is 6.90. The lowest BCUT2D eigenvalue weighted by molar-refractivity contribution is 0.418. The summed E-state index contributed by atoms with van der Waals surface area (Å²) in [4.78, 5) is 6.58. The van der Waals surface area contributed by atoms with Crippen molar-refractivity contribution in [1.82, 2.24) is 10.3 Å². The van der Waals surface area contributed by atoms with Crippen molar-refractivity contribution in [2.24, 2.45) is 11.3 Å². The Labute approximate surface area is 118 Å². The summed E-state index contributed by atoms with van der Waals surface area (Å²) in [7, 11) is 2.16. The van der Waals surface area contributed by atoms with Crippen LogP contribution in [0.3, 0.4) is 0 Å². The van der Waals surface area contributed by atoms with Crippen LogP contribution in [0.15, 0.2) is 18.5 Å². The van der Waals surface area contributed by atoms with Gasteiger partial charge >= 0.3 is 0 Å². The molecule has 0 saturated carbocycles. The predicted molar refractivity (Wildman–Crippen MR) is 83.5 cm³/mol. The first-order chi connectivity index (χ1) is 8.79. The summed E-state index contributed by atoms with van der Waals surface area (Å²) in [6, 6.07) is 2.11. The Kier molecular flexibility index (Phi) is 5.80. The molecule has 1 aromatic rings. The van der Waals surface area contributed by atoms with E-state index in [1.807, 2.05) is 12.4 Å². The molecule has 0 radical (unpaired) electrons. The van der Waals surface area contributed by atoms with E-state index >= 15 is 0 Å². The zero-order valence-electron chi connectivity index (χ0n) is 13.3. The Morgan fingerprint density at radius 1 is 1.32 bits per heavy atom. The predicted octanol–water partition coefficient (Wildman–Crippen LogP) is 3.31. The van der Waals surface area contributed by atoms with Gasteiger partial charge in [0.2, 0.25) is 0 Å². The molecule has 0 unspecified atom stereocenters. The highest BCUT2D eigenvalue weighted by molar-refractivity contribution is 5.51. The molecule has 0 aliphatic carbocycles. The Bertz CT molecular complexity index is 380. The van der Waals surface area contributed by atoms with Crippen LogP contribution in [0.2, 0.25) is 0 Å². The van der Waals surface area contributed by atoms with Gasteiger partial charge in [0.1, 0.15) is 0 Å². The van der Waals surface area contributed by atoms with Gasteiger partial charge in [0.05, 0.1) is 0 Å². The molecule has 108 valence electrons. The minimum absolute atomic E-state index is 0.292. The second-order valence-electron chi connectivity index (χ2n) is 6.95. The van der Waals surface area contributed by atoms with E-state index in [1.54, 1.807) is 0 Å². The van der Waals surface area contributed by atoms with Gasteiger partial charge in [-0.25, -0.2) is 0 Å². The largest absolute Gasteiger partial charge is 0.374 e. The molecule has 0 aromatic carbocycles. The maximum Gasteiger partial charge on any atom is 0.0440 e. The van der Waals surface area contributed by atoms with Crippen LogP contribution in [-0.4, -0.2) is 25.1 Å². The highest BCUT2D eigenvalue weighted by Crippen LogP contribution is 2.23. The van der Waals surface area contributed by atoms with Crippen molar-refractivity contribution in [2.45, 2.75) is 41.2 Å². The van der Waals surface area contributed by atoms with Crippen molar-refractivity contribution < 1.29 is 0 Å². The van der Waals surface area contributed by atoms with Gasteiger partial charge in [-0.1, -0.05) is 34.6 Å². The van der Waals surface area contributed by atoms with Crippen LogP contribution in [0.25, 0.3) is 0 Å². The molecular weight excluding hydrogens is 234 g/mol. The number of nitrogens with one attached hydrogen (secondary N) is 1. The molecule has 0 spiro atoms. The minimum Gasteiger partial charge on any atom is -0.374 e. The quantitative estimate of drug-likeness (QED) is 0.853. The van der Waals surface area contributed by atoms with Gasteiger partial charge in [-0.15, -0.1) is 0 Å². The highest BCUT2D eigenvalue weighted by atomic mass is 15.1. The molecule has 3 nitrogen and oxygen atoms in total. The Morgan fingerprint density at radius 2 is 2.00 bits per heavy atom. The first kappa shape index (κ1) is 16.0. The van der Waals surface area contributed by atoms with E-state index in [2.05, 4.69) is 62.9 Å². The second-order valence-corrected chi connectivity index (χ2v) is 6.95. The van der Waals surface area contributed by atoms with E-state index in [-0.39, 0.29) is 0 Å². The van der Waals surface area contributed by atoms with Crippen molar-refractivity contribution in [3.63, 3.8) is 0 Å². The van der Waals surface area contributed by atoms with Gasteiger partial charge in [0, 0.05) is 43.8 Å². The Balaban J connectivity index is 2.72. The third-order valence-electron chi connectivity index (χ3n) is 2.87. The third kappa shape index (κ3) is 6.06. The lowest BCUT2D eigenvalue weighted by atomic mass is 9.96. The molecule has 0 fully saturated rings. The lowest BCUT2D eigenvalue weighted by Crippen LogP contribution is -2.30. The summed E-state index contributed by atoms with van der Waals surface area (Å²) in [5, 5.41) is 3.49. The van der Waals surface area contributed by atoms with E-state index < -0.39 is 0 Å². The molecule has 3 heteroatoms. The van der Waals surface area contributed by atoms with Crippen LogP contribution in [0.5, 0.6) is 0 Å². The molecule has 0 aliphatic rings. The van der Waals surface area contributed by atoms with E-state index in [9.17, 15) is 0 Å². The van der Waals surface area contributed by atoms with Gasteiger partial charge in [-0.3, -0.25) is 4.98 Å². The van der Waals surface area contributed by atoms with Gasteiger partial charge in [0.15, 0.2) is 0 Å². The van der Waals surface area contributed by atoms with Gasteiger partial charge in [-0.05, 0) is 23.9 Å². The molecule has 1 N–H and O–H groups in total. The van der Waals surface area contributed by atoms with E-state index in [0.717, 1.165) is 19.6 Å². The number of hydrogen-bond donors (Lipinski definition) is 1. The smallest absolute Gasteiger partial charge is 0.0440 e. The topological polar surface area (TPSA) is 28.2 Å². The van der Waals surface area contributed by atoms with Crippen molar-refractivity contribution in [3.05, 3.63) is 24.0 Å². The van der Waals surface area contributed by atoms with Gasteiger partial charge in [0.25, 0.3) is 0 Å². The van der Waals surface area contributed by atoms with Crippen LogP contribution >= 0.6 is 0 Å². The lowest BCUT2D eigenvalue weighted by Gasteiger charge is -2.29. The molecular formula is C16H29N3. The molecule has 1 heterocycles. The maximum atomic E-state index is 4.26. The van der Waals surface area contributed by atoms with E-state index in [4.69, 9.17) is 0 Å². The van der Waals surface area contributed by atoms with Crippen LogP contribution in [0.1, 0.15) is 40.2 Å². The minimum atomic E-state index is 0.292. The van der Waals surface area contributed by atoms with Crippen LogP contribution in [0, 0.1) is 11.3 Å². The van der Waals surface area contributed by atoms with Crippen LogP contribution < -0.4 is 10.2 Å². The number of anilines is 1. The summed E-state index contributed by atoms with van der Waals surface area (Å²) in [6.07, 6.45) is 3.85. The standard InChI is InChI=1S/C16H29N3/c1-13(2)9-18-11-14-10-17-8-7-15(14)19(6)12-16(3,4)5/h7-8,10,13,18H,9,11-12H2,1-6H3. The van der Waals surface area contributed by atoms with Crippen LogP contribution in [0.4, 0.5) is 5.69 Å². The van der Waals surface area contributed by atoms with Crippen molar-refractivity contribution in [3.8, 4) is 0 Å². The molecule has 0 saturated heterocycles. The number of rotatable bonds is 6. The van der Waals surface area contributed by atoms with Gasteiger partial charge < -0.3 is 10.2 Å². The maximum absolute atomic E-state index is 4.26. The van der Waals surface area contributed by atoms with Crippen molar-refractivity contribution in [2.75, 3.05) is 25.0 Å². The van der Waals surface area contributed by atoms with Gasteiger partial charge in [-0.2, -0.15) is 0 Å². The fourth-order valence-corrected chi connectivity index (χ4v) is 2.22. The highest BCUT2D eigenvalue weighted by Gasteiger charge is 2.15. The van der Waals surface area contributed by atoms with Crippen molar-refractivity contribution in [1.29, 1.82) is 0 Å². The van der Waals surface area contributed by atoms with Crippen LogP contribution in [-0.2, 0) is 6.54 Å². The average Bonchev–Trinajstić information content (AvgIpc) is 2.26. The number of nitrogens with zero attached hydrogens (tertiary/aromatic N) is 2. The summed E-state index contributed by atoms with van der Waals surface area (Å²) in [5.41, 5.74) is 2.84. The summed E-state index contributed by atoms with van der Waals surface area (Å²) < 4.78 is 0. The third-order valence-corrected chi connectivity index (χ3v) is 2.87. The fraction of sp³-hybridized carbons (Fsp3) is 0.688. The SMILES string of the molecule is CC(C)CNCc1cnccc1N(C)CC(C)(C)C.